The second-order valence-corrected chi connectivity index (χ2v) is 5.58. The average molecular weight is 325 g/mol. The van der Waals surface area contributed by atoms with Crippen molar-refractivity contribution in [3.05, 3.63) is 51.6 Å². The SMILES string of the molecule is CCCNCc1nc(Oc2ccc(Cl)c(C)c2)ccc1Cl. The van der Waals surface area contributed by atoms with Crippen LogP contribution in [0.25, 0.3) is 0 Å². The first-order valence-electron chi connectivity index (χ1n) is 6.90. The number of nitrogens with one attached hydrogen (secondary N) is 1. The molecule has 1 aromatic carbocycles. The van der Waals surface area contributed by atoms with Gasteiger partial charge in [0.05, 0.1) is 10.7 Å². The molecule has 0 saturated carbocycles. The molecule has 112 valence electrons. The molecule has 2 aromatic rings. The van der Waals surface area contributed by atoms with E-state index in [4.69, 9.17) is 27.9 Å². The zero-order chi connectivity index (χ0) is 15.2. The fraction of sp³-hybridized carbons (Fsp3) is 0.312. The fourth-order valence-corrected chi connectivity index (χ4v) is 2.12. The van der Waals surface area contributed by atoms with E-state index in [1.807, 2.05) is 25.1 Å². The van der Waals surface area contributed by atoms with Crippen molar-refractivity contribution in [3.63, 3.8) is 0 Å². The summed E-state index contributed by atoms with van der Waals surface area (Å²) in [6.07, 6.45) is 1.07. The highest BCUT2D eigenvalue weighted by molar-refractivity contribution is 6.31. The Hall–Kier alpha value is -1.29. The van der Waals surface area contributed by atoms with Crippen LogP contribution < -0.4 is 10.1 Å². The van der Waals surface area contributed by atoms with Gasteiger partial charge >= 0.3 is 0 Å². The number of aryl methyl sites for hydroxylation is 1. The lowest BCUT2D eigenvalue weighted by molar-refractivity contribution is 0.459. The maximum Gasteiger partial charge on any atom is 0.219 e. The van der Waals surface area contributed by atoms with Gasteiger partial charge in [-0.15, -0.1) is 0 Å². The molecule has 21 heavy (non-hydrogen) atoms. The van der Waals surface area contributed by atoms with Crippen molar-refractivity contribution < 1.29 is 4.74 Å². The summed E-state index contributed by atoms with van der Waals surface area (Å²) >= 11 is 12.2. The molecule has 0 aliphatic rings. The molecule has 0 aliphatic carbocycles. The van der Waals surface area contributed by atoms with E-state index in [1.165, 1.54) is 0 Å². The molecule has 0 aliphatic heterocycles. The number of halogens is 2. The van der Waals surface area contributed by atoms with Gasteiger partial charge in [0.2, 0.25) is 5.88 Å². The monoisotopic (exact) mass is 324 g/mol. The number of nitrogens with zero attached hydrogens (tertiary/aromatic N) is 1. The van der Waals surface area contributed by atoms with E-state index in [2.05, 4.69) is 17.2 Å². The summed E-state index contributed by atoms with van der Waals surface area (Å²) in [5.74, 6) is 1.23. The molecule has 1 heterocycles. The Morgan fingerprint density at radius 1 is 1.14 bits per heavy atom. The van der Waals surface area contributed by atoms with Crippen LogP contribution in [0, 0.1) is 6.92 Å². The maximum absolute atomic E-state index is 6.15. The first-order chi connectivity index (χ1) is 10.1. The van der Waals surface area contributed by atoms with Gasteiger partial charge in [-0.2, -0.15) is 0 Å². The van der Waals surface area contributed by atoms with Crippen LogP contribution in [0.2, 0.25) is 10.0 Å². The molecule has 0 spiro atoms. The third-order valence-corrected chi connectivity index (χ3v) is 3.73. The summed E-state index contributed by atoms with van der Waals surface area (Å²) in [5.41, 5.74) is 1.75. The second kappa shape index (κ2) is 7.64. The highest BCUT2D eigenvalue weighted by Gasteiger charge is 2.06. The lowest BCUT2D eigenvalue weighted by Gasteiger charge is -2.10. The predicted octanol–water partition coefficient (Wildman–Crippen LogP) is 4.99. The van der Waals surface area contributed by atoms with Gasteiger partial charge in [0.1, 0.15) is 5.75 Å². The van der Waals surface area contributed by atoms with Gasteiger partial charge in [0.25, 0.3) is 0 Å². The Morgan fingerprint density at radius 2 is 1.90 bits per heavy atom. The van der Waals surface area contributed by atoms with Crippen LogP contribution in [0.5, 0.6) is 11.6 Å². The molecule has 0 bridgehead atoms. The minimum absolute atomic E-state index is 0.523. The standard InChI is InChI=1S/C16H18Cl2N2O/c1-3-8-19-10-15-14(18)6-7-16(20-15)21-12-4-5-13(17)11(2)9-12/h4-7,9,19H,3,8,10H2,1-2H3. The first-order valence-corrected chi connectivity index (χ1v) is 7.66. The molecular formula is C16H18Cl2N2O. The van der Waals surface area contributed by atoms with Gasteiger partial charge in [-0.05, 0) is 49.7 Å². The quantitative estimate of drug-likeness (QED) is 0.760. The highest BCUT2D eigenvalue weighted by atomic mass is 35.5. The van der Waals surface area contributed by atoms with E-state index in [9.17, 15) is 0 Å². The number of pyridine rings is 1. The molecule has 3 nitrogen and oxygen atoms in total. The van der Waals surface area contributed by atoms with Gasteiger partial charge in [0.15, 0.2) is 0 Å². The maximum atomic E-state index is 6.15. The molecule has 1 N–H and O–H groups in total. The summed E-state index contributed by atoms with van der Waals surface area (Å²) in [5, 5.41) is 4.64. The normalized spacial score (nSPS) is 10.7. The second-order valence-electron chi connectivity index (χ2n) is 4.77. The summed E-state index contributed by atoms with van der Waals surface area (Å²) in [7, 11) is 0. The number of hydrogen-bond donors (Lipinski definition) is 1. The van der Waals surface area contributed by atoms with E-state index in [1.54, 1.807) is 12.1 Å². The van der Waals surface area contributed by atoms with Gasteiger partial charge in [-0.25, -0.2) is 4.98 Å². The zero-order valence-corrected chi connectivity index (χ0v) is 13.6. The Morgan fingerprint density at radius 3 is 2.62 bits per heavy atom. The smallest absolute Gasteiger partial charge is 0.219 e. The molecule has 0 fully saturated rings. The number of rotatable bonds is 6. The molecule has 0 amide bonds. The van der Waals surface area contributed by atoms with Crippen LogP contribution >= 0.6 is 23.2 Å². The van der Waals surface area contributed by atoms with Crippen LogP contribution in [0.3, 0.4) is 0 Å². The molecule has 5 heteroatoms. The van der Waals surface area contributed by atoms with E-state index in [0.717, 1.165) is 29.2 Å². The minimum Gasteiger partial charge on any atom is -0.439 e. The summed E-state index contributed by atoms with van der Waals surface area (Å²) in [4.78, 5) is 4.44. The van der Waals surface area contributed by atoms with Crippen molar-refractivity contribution in [1.82, 2.24) is 10.3 Å². The Labute approximate surface area is 135 Å². The summed E-state index contributed by atoms with van der Waals surface area (Å²) < 4.78 is 5.76. The molecular weight excluding hydrogens is 307 g/mol. The molecule has 0 unspecified atom stereocenters. The summed E-state index contributed by atoms with van der Waals surface area (Å²) in [6.45, 7) is 5.61. The fourth-order valence-electron chi connectivity index (χ4n) is 1.83. The largest absolute Gasteiger partial charge is 0.439 e. The Bertz CT molecular complexity index is 617. The highest BCUT2D eigenvalue weighted by Crippen LogP contribution is 2.26. The van der Waals surface area contributed by atoms with E-state index in [0.29, 0.717) is 23.2 Å². The molecule has 0 atom stereocenters. The van der Waals surface area contributed by atoms with E-state index >= 15 is 0 Å². The molecule has 0 radical (unpaired) electrons. The predicted molar refractivity (Wildman–Crippen MR) is 87.5 cm³/mol. The third-order valence-electron chi connectivity index (χ3n) is 2.96. The number of hydrogen-bond acceptors (Lipinski definition) is 3. The van der Waals surface area contributed by atoms with Gasteiger partial charge in [-0.3, -0.25) is 0 Å². The van der Waals surface area contributed by atoms with Crippen molar-refractivity contribution in [2.45, 2.75) is 26.8 Å². The lowest BCUT2D eigenvalue weighted by Crippen LogP contribution is -2.15. The van der Waals surface area contributed by atoms with Gasteiger partial charge in [0, 0.05) is 17.6 Å². The lowest BCUT2D eigenvalue weighted by atomic mass is 10.2. The molecule has 2 rings (SSSR count). The Balaban J connectivity index is 2.12. The molecule has 0 saturated heterocycles. The third kappa shape index (κ3) is 4.60. The van der Waals surface area contributed by atoms with Crippen molar-refractivity contribution in [2.75, 3.05) is 6.54 Å². The van der Waals surface area contributed by atoms with Crippen LogP contribution in [-0.4, -0.2) is 11.5 Å². The minimum atomic E-state index is 0.523. The number of benzene rings is 1. The Kier molecular flexibility index (Phi) is 5.85. The van der Waals surface area contributed by atoms with E-state index < -0.39 is 0 Å². The average Bonchev–Trinajstić information content (AvgIpc) is 2.46. The van der Waals surface area contributed by atoms with Crippen molar-refractivity contribution in [3.8, 4) is 11.6 Å². The summed E-state index contributed by atoms with van der Waals surface area (Å²) in [6, 6.07) is 9.07. The van der Waals surface area contributed by atoms with Crippen LogP contribution in [0.4, 0.5) is 0 Å². The number of ether oxygens (including phenoxy) is 1. The topological polar surface area (TPSA) is 34.2 Å². The molecule has 1 aromatic heterocycles. The van der Waals surface area contributed by atoms with Crippen molar-refractivity contribution in [1.29, 1.82) is 0 Å². The van der Waals surface area contributed by atoms with Crippen LogP contribution in [-0.2, 0) is 6.54 Å². The van der Waals surface area contributed by atoms with Crippen molar-refractivity contribution >= 4 is 23.2 Å². The van der Waals surface area contributed by atoms with Crippen LogP contribution in [0.15, 0.2) is 30.3 Å². The van der Waals surface area contributed by atoms with Crippen LogP contribution in [0.1, 0.15) is 24.6 Å². The first kappa shape index (κ1) is 16.1. The van der Waals surface area contributed by atoms with Crippen molar-refractivity contribution in [2.24, 2.45) is 0 Å². The zero-order valence-electron chi connectivity index (χ0n) is 12.1. The van der Waals surface area contributed by atoms with Gasteiger partial charge in [-0.1, -0.05) is 30.1 Å². The number of aromatic nitrogens is 1. The van der Waals surface area contributed by atoms with E-state index in [-0.39, 0.29) is 0 Å². The van der Waals surface area contributed by atoms with Gasteiger partial charge < -0.3 is 10.1 Å².